The molecule has 1 aromatic heterocycles. The van der Waals surface area contributed by atoms with Crippen LogP contribution in [0.1, 0.15) is 36.9 Å². The molecule has 0 saturated carbocycles. The molecule has 3 rings (SSSR count). The molecule has 2 aromatic rings. The van der Waals surface area contributed by atoms with Gasteiger partial charge in [0.25, 0.3) is 11.8 Å². The number of nitrogens with one attached hydrogen (secondary N) is 1. The summed E-state index contributed by atoms with van der Waals surface area (Å²) in [5, 5.41) is 0.499. The molecule has 118 valence electrons. The second kappa shape index (κ2) is 5.69. The lowest BCUT2D eigenvalue weighted by Gasteiger charge is -2.12. The normalized spacial score (nSPS) is 13.6. The number of imide groups is 1. The van der Waals surface area contributed by atoms with Crippen LogP contribution in [0.5, 0.6) is 0 Å². The Morgan fingerprint density at radius 1 is 1.09 bits per heavy atom. The first kappa shape index (κ1) is 15.0. The Hall–Kier alpha value is -2.93. The summed E-state index contributed by atoms with van der Waals surface area (Å²) in [6.07, 6.45) is 0. The van der Waals surface area contributed by atoms with Gasteiger partial charge < -0.3 is 14.7 Å². The maximum absolute atomic E-state index is 12.1. The molecular weight excluding hydrogens is 298 g/mol. The number of rotatable bonds is 4. The van der Waals surface area contributed by atoms with E-state index in [0.29, 0.717) is 11.6 Å². The quantitative estimate of drug-likeness (QED) is 0.864. The average Bonchev–Trinajstić information content (AvgIpc) is 3.06. The Morgan fingerprint density at radius 2 is 1.70 bits per heavy atom. The zero-order valence-electron chi connectivity index (χ0n) is 12.7. The maximum Gasteiger partial charge on any atom is 0.379 e. The van der Waals surface area contributed by atoms with Crippen LogP contribution in [-0.2, 0) is 11.4 Å². The standard InChI is InChI=1S/C16H15N3O4/c1-18(2)9-10-7-8-13(17-10)16(22)23-19-14(20)11-5-3-4-6-12(11)15(19)21/h3-8,17H,9H2,1-2H3. The molecule has 7 heteroatoms. The summed E-state index contributed by atoms with van der Waals surface area (Å²) in [4.78, 5) is 46.2. The van der Waals surface area contributed by atoms with Gasteiger partial charge in [-0.2, -0.15) is 0 Å². The van der Waals surface area contributed by atoms with Crippen LogP contribution in [0.25, 0.3) is 0 Å². The molecule has 0 bridgehead atoms. The number of carbonyl (C=O) groups is 3. The fraction of sp³-hybridized carbons (Fsp3) is 0.188. The number of hydroxylamine groups is 2. The highest BCUT2D eigenvalue weighted by atomic mass is 16.7. The van der Waals surface area contributed by atoms with E-state index in [1.165, 1.54) is 12.1 Å². The molecule has 0 atom stereocenters. The summed E-state index contributed by atoms with van der Waals surface area (Å²) in [5.41, 5.74) is 1.46. The zero-order chi connectivity index (χ0) is 16.6. The molecule has 1 aromatic carbocycles. The topological polar surface area (TPSA) is 82.7 Å². The minimum absolute atomic E-state index is 0.179. The third-order valence-electron chi connectivity index (χ3n) is 3.38. The van der Waals surface area contributed by atoms with Gasteiger partial charge in [-0.1, -0.05) is 17.2 Å². The monoisotopic (exact) mass is 313 g/mol. The molecule has 2 amide bonds. The van der Waals surface area contributed by atoms with E-state index < -0.39 is 17.8 Å². The van der Waals surface area contributed by atoms with Crippen molar-refractivity contribution in [2.75, 3.05) is 14.1 Å². The van der Waals surface area contributed by atoms with Crippen LogP contribution in [0.2, 0.25) is 0 Å². The number of fused-ring (bicyclic) bond motifs is 1. The lowest BCUT2D eigenvalue weighted by atomic mass is 10.1. The van der Waals surface area contributed by atoms with E-state index in [4.69, 9.17) is 4.84 Å². The molecule has 23 heavy (non-hydrogen) atoms. The summed E-state index contributed by atoms with van der Waals surface area (Å²) in [6.45, 7) is 0.625. The van der Waals surface area contributed by atoms with Gasteiger partial charge in [-0.25, -0.2) is 4.79 Å². The SMILES string of the molecule is CN(C)Cc1ccc(C(=O)ON2C(=O)c3ccccc3C2=O)[nH]1. The summed E-state index contributed by atoms with van der Waals surface area (Å²) in [5.74, 6) is -2.07. The number of amides is 2. The predicted molar refractivity (Wildman–Crippen MR) is 80.5 cm³/mol. The van der Waals surface area contributed by atoms with Crippen molar-refractivity contribution in [1.29, 1.82) is 0 Å². The molecule has 0 spiro atoms. The van der Waals surface area contributed by atoms with Crippen LogP contribution in [-0.4, -0.2) is 46.8 Å². The molecule has 1 aliphatic rings. The smallest absolute Gasteiger partial charge is 0.352 e. The van der Waals surface area contributed by atoms with Crippen molar-refractivity contribution in [3.63, 3.8) is 0 Å². The fourth-order valence-corrected chi connectivity index (χ4v) is 2.37. The first-order valence-corrected chi connectivity index (χ1v) is 7.00. The van der Waals surface area contributed by atoms with Gasteiger partial charge >= 0.3 is 5.97 Å². The lowest BCUT2D eigenvalue weighted by Crippen LogP contribution is -2.32. The van der Waals surface area contributed by atoms with Gasteiger partial charge in [0.05, 0.1) is 11.1 Å². The van der Waals surface area contributed by atoms with Crippen LogP contribution >= 0.6 is 0 Å². The minimum Gasteiger partial charge on any atom is -0.352 e. The second-order valence-electron chi connectivity index (χ2n) is 5.46. The van der Waals surface area contributed by atoms with Gasteiger partial charge in [0, 0.05) is 12.2 Å². The highest BCUT2D eigenvalue weighted by Crippen LogP contribution is 2.23. The number of hydrogen-bond donors (Lipinski definition) is 1. The Morgan fingerprint density at radius 3 is 2.26 bits per heavy atom. The number of aromatic nitrogens is 1. The van der Waals surface area contributed by atoms with E-state index in [9.17, 15) is 14.4 Å². The van der Waals surface area contributed by atoms with Gasteiger partial charge in [0.1, 0.15) is 5.69 Å². The Kier molecular flexibility index (Phi) is 3.71. The van der Waals surface area contributed by atoms with Crippen LogP contribution in [0.4, 0.5) is 0 Å². The molecule has 0 radical (unpaired) electrons. The van der Waals surface area contributed by atoms with E-state index in [2.05, 4.69) is 4.98 Å². The summed E-state index contributed by atoms with van der Waals surface area (Å²) >= 11 is 0. The first-order valence-electron chi connectivity index (χ1n) is 7.00. The maximum atomic E-state index is 12.1. The molecular formula is C16H15N3O4. The molecule has 0 unspecified atom stereocenters. The first-order chi connectivity index (χ1) is 11.0. The van der Waals surface area contributed by atoms with Gasteiger partial charge in [0.15, 0.2) is 0 Å². The van der Waals surface area contributed by atoms with Crippen molar-refractivity contribution in [2.24, 2.45) is 0 Å². The van der Waals surface area contributed by atoms with E-state index in [1.807, 2.05) is 19.0 Å². The Bertz CT molecular complexity index is 759. The van der Waals surface area contributed by atoms with Crippen molar-refractivity contribution < 1.29 is 19.2 Å². The highest BCUT2D eigenvalue weighted by molar-refractivity contribution is 6.21. The van der Waals surface area contributed by atoms with E-state index >= 15 is 0 Å². The average molecular weight is 313 g/mol. The molecule has 2 heterocycles. The predicted octanol–water partition coefficient (Wildman–Crippen LogP) is 1.44. The number of aromatic amines is 1. The van der Waals surface area contributed by atoms with Gasteiger partial charge in [-0.15, -0.1) is 0 Å². The number of nitrogens with zero attached hydrogens (tertiary/aromatic N) is 2. The van der Waals surface area contributed by atoms with E-state index in [0.717, 1.165) is 5.69 Å². The third-order valence-corrected chi connectivity index (χ3v) is 3.38. The highest BCUT2D eigenvalue weighted by Gasteiger charge is 2.38. The molecule has 7 nitrogen and oxygen atoms in total. The van der Waals surface area contributed by atoms with Gasteiger partial charge in [-0.05, 0) is 38.4 Å². The number of H-pyrrole nitrogens is 1. The minimum atomic E-state index is -0.787. The summed E-state index contributed by atoms with van der Waals surface area (Å²) < 4.78 is 0. The lowest BCUT2D eigenvalue weighted by molar-refractivity contribution is -0.0588. The third kappa shape index (κ3) is 2.74. The van der Waals surface area contributed by atoms with E-state index in [1.54, 1.807) is 24.3 Å². The van der Waals surface area contributed by atoms with E-state index in [-0.39, 0.29) is 16.8 Å². The van der Waals surface area contributed by atoms with Gasteiger partial charge in [-0.3, -0.25) is 9.59 Å². The van der Waals surface area contributed by atoms with Crippen LogP contribution in [0.15, 0.2) is 36.4 Å². The molecule has 1 N–H and O–H groups in total. The zero-order valence-corrected chi connectivity index (χ0v) is 12.7. The van der Waals surface area contributed by atoms with Crippen molar-refractivity contribution in [3.8, 4) is 0 Å². The Balaban J connectivity index is 1.75. The van der Waals surface area contributed by atoms with Crippen molar-refractivity contribution in [3.05, 3.63) is 58.9 Å². The molecule has 0 aliphatic carbocycles. The van der Waals surface area contributed by atoms with Crippen molar-refractivity contribution in [2.45, 2.75) is 6.54 Å². The second-order valence-corrected chi connectivity index (χ2v) is 5.46. The number of hydrogen-bond acceptors (Lipinski definition) is 5. The molecule has 0 fully saturated rings. The Labute approximate surface area is 132 Å². The number of carbonyl (C=O) groups excluding carboxylic acids is 3. The molecule has 1 aliphatic heterocycles. The van der Waals surface area contributed by atoms with Crippen LogP contribution in [0.3, 0.4) is 0 Å². The van der Waals surface area contributed by atoms with Crippen LogP contribution in [0, 0.1) is 0 Å². The van der Waals surface area contributed by atoms with Crippen molar-refractivity contribution in [1.82, 2.24) is 14.9 Å². The van der Waals surface area contributed by atoms with Gasteiger partial charge in [0.2, 0.25) is 0 Å². The number of benzene rings is 1. The molecule has 0 saturated heterocycles. The summed E-state index contributed by atoms with van der Waals surface area (Å²) in [6, 6.07) is 9.64. The largest absolute Gasteiger partial charge is 0.379 e. The fourth-order valence-electron chi connectivity index (χ4n) is 2.37. The van der Waals surface area contributed by atoms with Crippen molar-refractivity contribution >= 4 is 17.8 Å². The summed E-state index contributed by atoms with van der Waals surface area (Å²) in [7, 11) is 3.80. The van der Waals surface area contributed by atoms with Crippen LogP contribution < -0.4 is 0 Å².